The standard InChI is InChI=1S/C14H18ClN3O/c15-12-6-10(16)4-3-9(12)8-18-5-1-2-11-13(18)7-17-14(11)19/h3-4,6,11,13H,1-2,5,7-8,16H2,(H,17,19). The molecule has 19 heavy (non-hydrogen) atoms. The van der Waals surface area contributed by atoms with Crippen molar-refractivity contribution in [2.75, 3.05) is 18.8 Å². The normalized spacial score (nSPS) is 27.1. The van der Waals surface area contributed by atoms with Crippen LogP contribution in [0.25, 0.3) is 0 Å². The van der Waals surface area contributed by atoms with Crippen LogP contribution < -0.4 is 11.1 Å². The fourth-order valence-electron chi connectivity index (χ4n) is 3.15. The highest BCUT2D eigenvalue weighted by Crippen LogP contribution is 2.30. The molecule has 1 aromatic rings. The van der Waals surface area contributed by atoms with Crippen LogP contribution in [0.4, 0.5) is 5.69 Å². The number of nitrogens with two attached hydrogens (primary N) is 1. The Bertz CT molecular complexity index is 505. The van der Waals surface area contributed by atoms with Gasteiger partial charge in [-0.3, -0.25) is 9.69 Å². The van der Waals surface area contributed by atoms with E-state index in [1.165, 1.54) is 0 Å². The highest BCUT2D eigenvalue weighted by Gasteiger charge is 2.40. The number of piperidine rings is 1. The molecule has 1 amide bonds. The maximum absolute atomic E-state index is 11.7. The highest BCUT2D eigenvalue weighted by atomic mass is 35.5. The monoisotopic (exact) mass is 279 g/mol. The maximum Gasteiger partial charge on any atom is 0.224 e. The Morgan fingerprint density at radius 2 is 2.32 bits per heavy atom. The molecular formula is C14H18ClN3O. The predicted octanol–water partition coefficient (Wildman–Crippen LogP) is 1.63. The first-order chi connectivity index (χ1) is 9.15. The maximum atomic E-state index is 11.7. The third-order valence-electron chi connectivity index (χ3n) is 4.17. The summed E-state index contributed by atoms with van der Waals surface area (Å²) in [5.74, 6) is 0.361. The van der Waals surface area contributed by atoms with Crippen molar-refractivity contribution in [3.8, 4) is 0 Å². The quantitative estimate of drug-likeness (QED) is 0.809. The minimum absolute atomic E-state index is 0.154. The van der Waals surface area contributed by atoms with Crippen LogP contribution in [0.5, 0.6) is 0 Å². The van der Waals surface area contributed by atoms with Crippen molar-refractivity contribution in [1.82, 2.24) is 10.2 Å². The lowest BCUT2D eigenvalue weighted by Gasteiger charge is -2.36. The van der Waals surface area contributed by atoms with Crippen LogP contribution in [0.3, 0.4) is 0 Å². The predicted molar refractivity (Wildman–Crippen MR) is 75.8 cm³/mol. The van der Waals surface area contributed by atoms with Crippen molar-refractivity contribution in [2.24, 2.45) is 5.92 Å². The molecule has 0 aromatic heterocycles. The number of hydrogen-bond acceptors (Lipinski definition) is 3. The van der Waals surface area contributed by atoms with Gasteiger partial charge in [-0.05, 0) is 37.1 Å². The van der Waals surface area contributed by atoms with Gasteiger partial charge in [0, 0.05) is 29.8 Å². The van der Waals surface area contributed by atoms with Crippen LogP contribution in [0.1, 0.15) is 18.4 Å². The molecule has 5 heteroatoms. The summed E-state index contributed by atoms with van der Waals surface area (Å²) in [5.41, 5.74) is 7.47. The molecule has 0 bridgehead atoms. The number of carbonyl (C=O) groups is 1. The van der Waals surface area contributed by atoms with Crippen LogP contribution in [-0.2, 0) is 11.3 Å². The van der Waals surface area contributed by atoms with Crippen molar-refractivity contribution < 1.29 is 4.79 Å². The van der Waals surface area contributed by atoms with E-state index in [9.17, 15) is 4.79 Å². The number of nitrogens with one attached hydrogen (secondary N) is 1. The Balaban J connectivity index is 1.77. The van der Waals surface area contributed by atoms with E-state index in [0.717, 1.165) is 38.0 Å². The Morgan fingerprint density at radius 1 is 1.47 bits per heavy atom. The van der Waals surface area contributed by atoms with Gasteiger partial charge in [0.2, 0.25) is 5.91 Å². The minimum atomic E-state index is 0.154. The number of rotatable bonds is 2. The van der Waals surface area contributed by atoms with E-state index in [1.54, 1.807) is 6.07 Å². The van der Waals surface area contributed by atoms with Gasteiger partial charge >= 0.3 is 0 Å². The molecule has 0 aliphatic carbocycles. The number of fused-ring (bicyclic) bond motifs is 1. The van der Waals surface area contributed by atoms with E-state index < -0.39 is 0 Å². The summed E-state index contributed by atoms with van der Waals surface area (Å²) in [6, 6.07) is 5.96. The van der Waals surface area contributed by atoms with E-state index in [2.05, 4.69) is 10.2 Å². The molecular weight excluding hydrogens is 262 g/mol. The van der Waals surface area contributed by atoms with Gasteiger partial charge in [-0.1, -0.05) is 17.7 Å². The molecule has 2 fully saturated rings. The van der Waals surface area contributed by atoms with Gasteiger partial charge in [0.05, 0.1) is 5.92 Å². The van der Waals surface area contributed by atoms with E-state index in [4.69, 9.17) is 17.3 Å². The number of likely N-dealkylation sites (tertiary alicyclic amines) is 1. The van der Waals surface area contributed by atoms with Gasteiger partial charge < -0.3 is 11.1 Å². The third-order valence-corrected chi connectivity index (χ3v) is 4.52. The van der Waals surface area contributed by atoms with E-state index in [1.807, 2.05) is 12.1 Å². The average molecular weight is 280 g/mol. The van der Waals surface area contributed by atoms with Gasteiger partial charge in [-0.2, -0.15) is 0 Å². The Labute approximate surface area is 117 Å². The summed E-state index contributed by atoms with van der Waals surface area (Å²) >= 11 is 6.23. The summed E-state index contributed by atoms with van der Waals surface area (Å²) in [7, 11) is 0. The number of nitrogen functional groups attached to an aromatic ring is 1. The summed E-state index contributed by atoms with van der Waals surface area (Å²) in [5, 5.41) is 3.68. The molecule has 102 valence electrons. The smallest absolute Gasteiger partial charge is 0.224 e. The molecule has 4 nitrogen and oxygen atoms in total. The lowest BCUT2D eigenvalue weighted by Crippen LogP contribution is -2.44. The summed E-state index contributed by atoms with van der Waals surface area (Å²) in [4.78, 5) is 14.1. The van der Waals surface area contributed by atoms with Crippen molar-refractivity contribution in [3.63, 3.8) is 0 Å². The van der Waals surface area contributed by atoms with Crippen molar-refractivity contribution in [1.29, 1.82) is 0 Å². The molecule has 2 unspecified atom stereocenters. The minimum Gasteiger partial charge on any atom is -0.399 e. The summed E-state index contributed by atoms with van der Waals surface area (Å²) < 4.78 is 0. The van der Waals surface area contributed by atoms with Crippen LogP contribution in [0, 0.1) is 5.92 Å². The van der Waals surface area contributed by atoms with Gasteiger partial charge in [0.25, 0.3) is 0 Å². The number of amides is 1. The number of halogens is 1. The van der Waals surface area contributed by atoms with Gasteiger partial charge in [0.1, 0.15) is 0 Å². The summed E-state index contributed by atoms with van der Waals surface area (Å²) in [6.07, 6.45) is 2.07. The topological polar surface area (TPSA) is 58.4 Å². The zero-order valence-electron chi connectivity index (χ0n) is 10.7. The molecule has 0 spiro atoms. The highest BCUT2D eigenvalue weighted by molar-refractivity contribution is 6.31. The second kappa shape index (κ2) is 5.02. The SMILES string of the molecule is Nc1ccc(CN2CCCC3C(=O)NCC32)c(Cl)c1. The largest absolute Gasteiger partial charge is 0.399 e. The zero-order valence-corrected chi connectivity index (χ0v) is 11.5. The third kappa shape index (κ3) is 2.42. The van der Waals surface area contributed by atoms with E-state index in [-0.39, 0.29) is 11.8 Å². The number of carbonyl (C=O) groups excluding carboxylic acids is 1. The first kappa shape index (κ1) is 12.8. The molecule has 2 aliphatic rings. The molecule has 1 aromatic carbocycles. The number of anilines is 1. The average Bonchev–Trinajstić information content (AvgIpc) is 2.76. The molecule has 0 radical (unpaired) electrons. The molecule has 3 rings (SSSR count). The van der Waals surface area contributed by atoms with E-state index >= 15 is 0 Å². The first-order valence-electron chi connectivity index (χ1n) is 6.71. The molecule has 0 saturated carbocycles. The lowest BCUT2D eigenvalue weighted by molar-refractivity contribution is -0.124. The fraction of sp³-hybridized carbons (Fsp3) is 0.500. The van der Waals surface area contributed by atoms with Crippen LogP contribution in [-0.4, -0.2) is 29.9 Å². The Hall–Kier alpha value is -1.26. The molecule has 2 heterocycles. The van der Waals surface area contributed by atoms with Gasteiger partial charge in [-0.15, -0.1) is 0 Å². The van der Waals surface area contributed by atoms with Crippen LogP contribution >= 0.6 is 11.6 Å². The molecule has 2 saturated heterocycles. The number of benzene rings is 1. The Morgan fingerprint density at radius 3 is 3.11 bits per heavy atom. The van der Waals surface area contributed by atoms with E-state index in [0.29, 0.717) is 16.8 Å². The second-order valence-corrected chi connectivity index (χ2v) is 5.79. The van der Waals surface area contributed by atoms with Crippen molar-refractivity contribution in [3.05, 3.63) is 28.8 Å². The molecule has 2 aliphatic heterocycles. The van der Waals surface area contributed by atoms with Gasteiger partial charge in [-0.25, -0.2) is 0 Å². The van der Waals surface area contributed by atoms with Crippen LogP contribution in [0.15, 0.2) is 18.2 Å². The van der Waals surface area contributed by atoms with Crippen molar-refractivity contribution in [2.45, 2.75) is 25.4 Å². The Kier molecular flexibility index (Phi) is 3.37. The summed E-state index contributed by atoms with van der Waals surface area (Å²) in [6.45, 7) is 2.57. The second-order valence-electron chi connectivity index (χ2n) is 5.38. The number of hydrogen-bond donors (Lipinski definition) is 2. The first-order valence-corrected chi connectivity index (χ1v) is 7.08. The number of nitrogens with zero attached hydrogens (tertiary/aromatic N) is 1. The van der Waals surface area contributed by atoms with Crippen LogP contribution in [0.2, 0.25) is 5.02 Å². The lowest BCUT2D eigenvalue weighted by atomic mass is 9.91. The molecule has 2 atom stereocenters. The molecule has 3 N–H and O–H groups in total. The van der Waals surface area contributed by atoms with Gasteiger partial charge in [0.15, 0.2) is 0 Å². The van der Waals surface area contributed by atoms with Crippen molar-refractivity contribution >= 4 is 23.2 Å². The fourth-order valence-corrected chi connectivity index (χ4v) is 3.40. The zero-order chi connectivity index (χ0) is 13.4.